The molecule has 0 bridgehead atoms. The van der Waals surface area contributed by atoms with Crippen molar-refractivity contribution in [1.82, 2.24) is 19.9 Å². The lowest BCUT2D eigenvalue weighted by atomic mass is 9.93. The Hall–Kier alpha value is -1.92. The summed E-state index contributed by atoms with van der Waals surface area (Å²) in [6.45, 7) is 4.64. The van der Waals surface area contributed by atoms with Crippen LogP contribution in [0, 0.1) is 5.92 Å². The number of amides is 1. The van der Waals surface area contributed by atoms with Crippen LogP contribution in [-0.2, 0) is 11.3 Å². The Morgan fingerprint density at radius 1 is 1.47 bits per heavy atom. The Labute approximate surface area is 111 Å². The van der Waals surface area contributed by atoms with Crippen LogP contribution in [0.1, 0.15) is 37.2 Å². The second-order valence-electron chi connectivity index (χ2n) is 5.17. The van der Waals surface area contributed by atoms with E-state index in [0.717, 1.165) is 17.5 Å². The SMILES string of the molecule is CC1CCN(C(=O)c2cn(CC(=O)O)nn2)C(C)C1. The van der Waals surface area contributed by atoms with E-state index < -0.39 is 5.97 Å². The van der Waals surface area contributed by atoms with Gasteiger partial charge in [0.15, 0.2) is 5.69 Å². The highest BCUT2D eigenvalue weighted by atomic mass is 16.4. The Morgan fingerprint density at radius 3 is 2.84 bits per heavy atom. The first-order valence-corrected chi connectivity index (χ1v) is 6.40. The third-order valence-corrected chi connectivity index (χ3v) is 3.45. The number of likely N-dealkylation sites (tertiary alicyclic amines) is 1. The fourth-order valence-electron chi connectivity index (χ4n) is 2.47. The van der Waals surface area contributed by atoms with Gasteiger partial charge in [-0.15, -0.1) is 5.10 Å². The van der Waals surface area contributed by atoms with Gasteiger partial charge in [0.1, 0.15) is 6.54 Å². The smallest absolute Gasteiger partial charge is 0.325 e. The van der Waals surface area contributed by atoms with Gasteiger partial charge in [-0.1, -0.05) is 12.1 Å². The predicted octanol–water partition coefficient (Wildman–Crippen LogP) is 0.623. The Morgan fingerprint density at radius 2 is 2.21 bits per heavy atom. The van der Waals surface area contributed by atoms with Crippen molar-refractivity contribution < 1.29 is 14.7 Å². The molecule has 2 atom stereocenters. The molecule has 0 spiro atoms. The molecule has 1 amide bonds. The number of carbonyl (C=O) groups excluding carboxylic acids is 1. The third kappa shape index (κ3) is 3.10. The first-order chi connectivity index (χ1) is 8.97. The van der Waals surface area contributed by atoms with Crippen molar-refractivity contribution in [3.63, 3.8) is 0 Å². The van der Waals surface area contributed by atoms with Crippen LogP contribution in [0.25, 0.3) is 0 Å². The summed E-state index contributed by atoms with van der Waals surface area (Å²) >= 11 is 0. The van der Waals surface area contributed by atoms with Crippen molar-refractivity contribution in [1.29, 1.82) is 0 Å². The molecule has 104 valence electrons. The number of carboxylic acid groups (broad SMARTS) is 1. The highest BCUT2D eigenvalue weighted by Gasteiger charge is 2.28. The summed E-state index contributed by atoms with van der Waals surface area (Å²) in [4.78, 5) is 24.6. The van der Waals surface area contributed by atoms with Crippen molar-refractivity contribution in [3.05, 3.63) is 11.9 Å². The molecule has 0 radical (unpaired) electrons. The van der Waals surface area contributed by atoms with E-state index in [4.69, 9.17) is 5.11 Å². The van der Waals surface area contributed by atoms with E-state index in [2.05, 4.69) is 17.2 Å². The molecule has 1 aromatic heterocycles. The van der Waals surface area contributed by atoms with Crippen molar-refractivity contribution in [2.45, 2.75) is 39.3 Å². The minimum absolute atomic E-state index is 0.170. The quantitative estimate of drug-likeness (QED) is 0.866. The minimum Gasteiger partial charge on any atom is -0.480 e. The summed E-state index contributed by atoms with van der Waals surface area (Å²) in [7, 11) is 0. The number of aliphatic carboxylic acids is 1. The third-order valence-electron chi connectivity index (χ3n) is 3.45. The van der Waals surface area contributed by atoms with E-state index in [-0.39, 0.29) is 24.2 Å². The number of hydrogen-bond donors (Lipinski definition) is 1. The first kappa shape index (κ1) is 13.5. The second kappa shape index (κ2) is 5.38. The Balaban J connectivity index is 2.07. The molecule has 7 heteroatoms. The van der Waals surface area contributed by atoms with Gasteiger partial charge < -0.3 is 10.0 Å². The number of piperidine rings is 1. The second-order valence-corrected chi connectivity index (χ2v) is 5.17. The lowest BCUT2D eigenvalue weighted by Crippen LogP contribution is -2.44. The van der Waals surface area contributed by atoms with Crippen LogP contribution in [0.3, 0.4) is 0 Å². The highest BCUT2D eigenvalue weighted by Crippen LogP contribution is 2.23. The van der Waals surface area contributed by atoms with Gasteiger partial charge in [-0.3, -0.25) is 9.59 Å². The zero-order valence-electron chi connectivity index (χ0n) is 11.1. The Kier molecular flexibility index (Phi) is 3.82. The number of carboxylic acids is 1. The molecule has 1 aliphatic rings. The van der Waals surface area contributed by atoms with Crippen molar-refractivity contribution in [3.8, 4) is 0 Å². The van der Waals surface area contributed by atoms with Crippen LogP contribution in [0.4, 0.5) is 0 Å². The summed E-state index contributed by atoms with van der Waals surface area (Å²) in [5.41, 5.74) is 0.211. The van der Waals surface area contributed by atoms with Crippen LogP contribution < -0.4 is 0 Å². The van der Waals surface area contributed by atoms with Gasteiger partial charge in [0.25, 0.3) is 5.91 Å². The summed E-state index contributed by atoms with van der Waals surface area (Å²) in [6, 6.07) is 0.181. The first-order valence-electron chi connectivity index (χ1n) is 6.40. The van der Waals surface area contributed by atoms with Crippen molar-refractivity contribution >= 4 is 11.9 Å². The molecule has 2 heterocycles. The molecular formula is C12H18N4O3. The van der Waals surface area contributed by atoms with Gasteiger partial charge in [0.2, 0.25) is 0 Å². The molecule has 1 saturated heterocycles. The normalized spacial score (nSPS) is 23.4. The molecule has 1 N–H and O–H groups in total. The van der Waals surface area contributed by atoms with E-state index in [1.54, 1.807) is 4.90 Å². The van der Waals surface area contributed by atoms with Gasteiger partial charge in [0, 0.05) is 12.6 Å². The van der Waals surface area contributed by atoms with Gasteiger partial charge in [0.05, 0.1) is 6.20 Å². The van der Waals surface area contributed by atoms with Gasteiger partial charge in [-0.2, -0.15) is 0 Å². The number of rotatable bonds is 3. The Bertz CT molecular complexity index is 485. The summed E-state index contributed by atoms with van der Waals surface area (Å²) in [5.74, 6) is -0.554. The number of nitrogens with zero attached hydrogens (tertiary/aromatic N) is 4. The molecule has 1 aromatic rings. The zero-order chi connectivity index (χ0) is 14.0. The van der Waals surface area contributed by atoms with Crippen LogP contribution in [0.2, 0.25) is 0 Å². The van der Waals surface area contributed by atoms with E-state index in [9.17, 15) is 9.59 Å². The lowest BCUT2D eigenvalue weighted by molar-refractivity contribution is -0.137. The molecular weight excluding hydrogens is 248 g/mol. The molecule has 2 unspecified atom stereocenters. The van der Waals surface area contributed by atoms with E-state index in [1.165, 1.54) is 6.20 Å². The topological polar surface area (TPSA) is 88.3 Å². The summed E-state index contributed by atoms with van der Waals surface area (Å²) in [5, 5.41) is 16.1. The molecule has 0 aliphatic carbocycles. The minimum atomic E-state index is -1.01. The van der Waals surface area contributed by atoms with E-state index in [1.807, 2.05) is 6.92 Å². The zero-order valence-corrected chi connectivity index (χ0v) is 11.1. The van der Waals surface area contributed by atoms with Crippen molar-refractivity contribution in [2.24, 2.45) is 5.92 Å². The lowest BCUT2D eigenvalue weighted by Gasteiger charge is -2.36. The van der Waals surface area contributed by atoms with Gasteiger partial charge in [-0.05, 0) is 25.7 Å². The molecule has 2 rings (SSSR count). The summed E-state index contributed by atoms with van der Waals surface area (Å²) < 4.78 is 1.16. The van der Waals surface area contributed by atoms with Crippen LogP contribution in [0.15, 0.2) is 6.20 Å². The molecule has 1 fully saturated rings. The molecule has 7 nitrogen and oxygen atoms in total. The molecule has 19 heavy (non-hydrogen) atoms. The van der Waals surface area contributed by atoms with Crippen LogP contribution >= 0.6 is 0 Å². The van der Waals surface area contributed by atoms with E-state index in [0.29, 0.717) is 12.5 Å². The average Bonchev–Trinajstić information content (AvgIpc) is 2.75. The number of carbonyl (C=O) groups is 2. The maximum Gasteiger partial charge on any atom is 0.325 e. The van der Waals surface area contributed by atoms with E-state index >= 15 is 0 Å². The largest absolute Gasteiger partial charge is 0.480 e. The fourth-order valence-corrected chi connectivity index (χ4v) is 2.47. The van der Waals surface area contributed by atoms with Crippen LogP contribution in [0.5, 0.6) is 0 Å². The number of hydrogen-bond acceptors (Lipinski definition) is 4. The standard InChI is InChI=1S/C12H18N4O3/c1-8-3-4-16(9(2)5-8)12(19)10-6-15(14-13-10)7-11(17)18/h6,8-9H,3-5,7H2,1-2H3,(H,17,18). The molecule has 0 aromatic carbocycles. The van der Waals surface area contributed by atoms with Crippen LogP contribution in [-0.4, -0.2) is 49.5 Å². The predicted molar refractivity (Wildman–Crippen MR) is 66.6 cm³/mol. The molecule has 1 aliphatic heterocycles. The summed E-state index contributed by atoms with van der Waals surface area (Å²) in [6.07, 6.45) is 3.36. The molecule has 0 saturated carbocycles. The van der Waals surface area contributed by atoms with Crippen molar-refractivity contribution in [2.75, 3.05) is 6.54 Å². The monoisotopic (exact) mass is 266 g/mol. The number of aromatic nitrogens is 3. The average molecular weight is 266 g/mol. The van der Waals surface area contributed by atoms with Gasteiger partial charge >= 0.3 is 5.97 Å². The maximum atomic E-state index is 12.3. The maximum absolute atomic E-state index is 12.3. The van der Waals surface area contributed by atoms with Gasteiger partial charge in [-0.25, -0.2) is 4.68 Å². The highest BCUT2D eigenvalue weighted by molar-refractivity contribution is 5.92. The fraction of sp³-hybridized carbons (Fsp3) is 0.667.